The van der Waals surface area contributed by atoms with Gasteiger partial charge in [-0.2, -0.15) is 0 Å². The van der Waals surface area contributed by atoms with Crippen LogP contribution in [0.2, 0.25) is 0 Å². The highest BCUT2D eigenvalue weighted by molar-refractivity contribution is 4.82. The molecule has 0 aromatic rings. The highest BCUT2D eigenvalue weighted by Crippen LogP contribution is 2.19. The van der Waals surface area contributed by atoms with Gasteiger partial charge in [-0.05, 0) is 45.3 Å². The molecule has 2 aliphatic rings. The van der Waals surface area contributed by atoms with Crippen molar-refractivity contribution in [3.05, 3.63) is 0 Å². The Kier molecular flexibility index (Phi) is 4.62. The Morgan fingerprint density at radius 1 is 1.19 bits per heavy atom. The van der Waals surface area contributed by atoms with Crippen LogP contribution in [0.3, 0.4) is 0 Å². The van der Waals surface area contributed by atoms with Crippen molar-refractivity contribution in [2.24, 2.45) is 5.92 Å². The number of hydrogen-bond donors (Lipinski definition) is 2. The van der Waals surface area contributed by atoms with Crippen molar-refractivity contribution in [1.82, 2.24) is 10.2 Å². The van der Waals surface area contributed by atoms with E-state index < -0.39 is 0 Å². The lowest BCUT2D eigenvalue weighted by molar-refractivity contribution is 0.118. The number of hydrogen-bond acceptors (Lipinski definition) is 3. The maximum Gasteiger partial charge on any atom is 0.0693 e. The van der Waals surface area contributed by atoms with Crippen LogP contribution in [0.25, 0.3) is 0 Å². The first kappa shape index (κ1) is 12.3. The highest BCUT2D eigenvalue weighted by Gasteiger charge is 2.24. The van der Waals surface area contributed by atoms with Crippen LogP contribution >= 0.6 is 0 Å². The Hall–Kier alpha value is -0.120. The van der Waals surface area contributed by atoms with Crippen LogP contribution in [-0.2, 0) is 0 Å². The average Bonchev–Trinajstić information content (AvgIpc) is 2.56. The molecule has 3 nitrogen and oxygen atoms in total. The van der Waals surface area contributed by atoms with E-state index in [2.05, 4.69) is 17.3 Å². The molecule has 1 heterocycles. The number of nitrogens with zero attached hydrogens (tertiary/aromatic N) is 1. The molecule has 0 radical (unpaired) electrons. The van der Waals surface area contributed by atoms with Crippen molar-refractivity contribution in [2.75, 3.05) is 26.7 Å². The number of nitrogens with one attached hydrogen (secondary N) is 1. The Balaban J connectivity index is 1.71. The average molecular weight is 226 g/mol. The van der Waals surface area contributed by atoms with Gasteiger partial charge in [0.2, 0.25) is 0 Å². The second-order valence-corrected chi connectivity index (χ2v) is 5.64. The first-order chi connectivity index (χ1) is 7.75. The topological polar surface area (TPSA) is 35.5 Å². The van der Waals surface area contributed by atoms with Gasteiger partial charge in [-0.15, -0.1) is 0 Å². The van der Waals surface area contributed by atoms with E-state index in [0.29, 0.717) is 6.04 Å². The Labute approximate surface area is 99.2 Å². The molecule has 0 aromatic carbocycles. The molecule has 1 saturated heterocycles. The molecule has 0 spiro atoms. The zero-order valence-electron chi connectivity index (χ0n) is 10.5. The van der Waals surface area contributed by atoms with E-state index in [9.17, 15) is 5.11 Å². The lowest BCUT2D eigenvalue weighted by Crippen LogP contribution is -2.41. The Morgan fingerprint density at radius 3 is 2.75 bits per heavy atom. The highest BCUT2D eigenvalue weighted by atomic mass is 16.3. The van der Waals surface area contributed by atoms with E-state index in [1.165, 1.54) is 38.8 Å². The minimum Gasteiger partial charge on any atom is -0.392 e. The van der Waals surface area contributed by atoms with Crippen molar-refractivity contribution < 1.29 is 5.11 Å². The smallest absolute Gasteiger partial charge is 0.0693 e. The quantitative estimate of drug-likeness (QED) is 0.710. The number of likely N-dealkylation sites (tertiary alicyclic amines) is 1. The van der Waals surface area contributed by atoms with Crippen molar-refractivity contribution in [2.45, 2.75) is 50.7 Å². The monoisotopic (exact) mass is 226 g/mol. The number of rotatable bonds is 3. The summed E-state index contributed by atoms with van der Waals surface area (Å²) < 4.78 is 0. The Bertz CT molecular complexity index is 210. The summed E-state index contributed by atoms with van der Waals surface area (Å²) in [5.41, 5.74) is 0. The summed E-state index contributed by atoms with van der Waals surface area (Å²) in [6.45, 7) is 3.54. The van der Waals surface area contributed by atoms with Gasteiger partial charge < -0.3 is 15.3 Å². The van der Waals surface area contributed by atoms with E-state index >= 15 is 0 Å². The van der Waals surface area contributed by atoms with E-state index in [-0.39, 0.29) is 6.10 Å². The fraction of sp³-hybridized carbons (Fsp3) is 1.00. The van der Waals surface area contributed by atoms with Crippen molar-refractivity contribution in [3.63, 3.8) is 0 Å². The zero-order valence-corrected chi connectivity index (χ0v) is 10.5. The lowest BCUT2D eigenvalue weighted by atomic mass is 10.0. The summed E-state index contributed by atoms with van der Waals surface area (Å²) in [5, 5.41) is 13.6. The summed E-state index contributed by atoms with van der Waals surface area (Å²) >= 11 is 0. The molecule has 1 aliphatic carbocycles. The predicted octanol–water partition coefficient (Wildman–Crippen LogP) is 1.22. The molecule has 0 aromatic heterocycles. The van der Waals surface area contributed by atoms with Crippen molar-refractivity contribution in [3.8, 4) is 0 Å². The molecule has 2 fully saturated rings. The standard InChI is InChI=1S/C13H26N2O/c1-15-8-7-11(10-15)9-14-12-5-3-2-4-6-13(12)16/h11-14,16H,2-10H2,1H3. The molecule has 1 saturated carbocycles. The largest absolute Gasteiger partial charge is 0.392 e. The fourth-order valence-electron chi connectivity index (χ4n) is 3.04. The van der Waals surface area contributed by atoms with Gasteiger partial charge in [-0.1, -0.05) is 19.3 Å². The van der Waals surface area contributed by atoms with Gasteiger partial charge in [-0.25, -0.2) is 0 Å². The second kappa shape index (κ2) is 5.99. The van der Waals surface area contributed by atoms with Gasteiger partial charge in [0.05, 0.1) is 6.10 Å². The number of aliphatic hydroxyl groups is 1. The van der Waals surface area contributed by atoms with Crippen LogP contribution in [-0.4, -0.2) is 48.8 Å². The van der Waals surface area contributed by atoms with E-state index in [1.54, 1.807) is 0 Å². The molecule has 94 valence electrons. The molecule has 0 amide bonds. The third kappa shape index (κ3) is 3.44. The molecule has 3 heteroatoms. The summed E-state index contributed by atoms with van der Waals surface area (Å²) in [7, 11) is 2.19. The van der Waals surface area contributed by atoms with Gasteiger partial charge in [0, 0.05) is 12.6 Å². The molecule has 2 N–H and O–H groups in total. The van der Waals surface area contributed by atoms with E-state index in [0.717, 1.165) is 25.3 Å². The Morgan fingerprint density at radius 2 is 2.00 bits per heavy atom. The summed E-state index contributed by atoms with van der Waals surface area (Å²) in [6.07, 6.45) is 7.12. The second-order valence-electron chi connectivity index (χ2n) is 5.64. The molecule has 3 atom stereocenters. The van der Waals surface area contributed by atoms with Crippen LogP contribution in [0.4, 0.5) is 0 Å². The number of aliphatic hydroxyl groups excluding tert-OH is 1. The van der Waals surface area contributed by atoms with Crippen LogP contribution < -0.4 is 5.32 Å². The summed E-state index contributed by atoms with van der Waals surface area (Å²) in [6, 6.07) is 0.355. The summed E-state index contributed by atoms with van der Waals surface area (Å²) in [5.74, 6) is 0.792. The van der Waals surface area contributed by atoms with Crippen LogP contribution in [0.1, 0.15) is 38.5 Å². The lowest BCUT2D eigenvalue weighted by Gasteiger charge is -2.23. The molecular formula is C13H26N2O. The third-order valence-electron chi connectivity index (χ3n) is 4.14. The molecule has 2 rings (SSSR count). The minimum atomic E-state index is -0.110. The predicted molar refractivity (Wildman–Crippen MR) is 66.5 cm³/mol. The van der Waals surface area contributed by atoms with Gasteiger partial charge >= 0.3 is 0 Å². The molecule has 16 heavy (non-hydrogen) atoms. The maximum atomic E-state index is 10.0. The van der Waals surface area contributed by atoms with Gasteiger partial charge in [0.15, 0.2) is 0 Å². The molecule has 3 unspecified atom stereocenters. The van der Waals surface area contributed by atoms with Gasteiger partial charge in [0.1, 0.15) is 0 Å². The fourth-order valence-corrected chi connectivity index (χ4v) is 3.04. The van der Waals surface area contributed by atoms with Crippen molar-refractivity contribution >= 4 is 0 Å². The zero-order chi connectivity index (χ0) is 11.4. The maximum absolute atomic E-state index is 10.0. The third-order valence-corrected chi connectivity index (χ3v) is 4.14. The van der Waals surface area contributed by atoms with E-state index in [1.807, 2.05) is 0 Å². The molecule has 0 bridgehead atoms. The van der Waals surface area contributed by atoms with Crippen LogP contribution in [0.5, 0.6) is 0 Å². The molecular weight excluding hydrogens is 200 g/mol. The van der Waals surface area contributed by atoms with E-state index in [4.69, 9.17) is 0 Å². The van der Waals surface area contributed by atoms with Crippen molar-refractivity contribution in [1.29, 1.82) is 0 Å². The first-order valence-electron chi connectivity index (χ1n) is 6.85. The summed E-state index contributed by atoms with van der Waals surface area (Å²) in [4.78, 5) is 2.40. The minimum absolute atomic E-state index is 0.110. The van der Waals surface area contributed by atoms with Crippen LogP contribution in [0.15, 0.2) is 0 Å². The SMILES string of the molecule is CN1CCC(CNC2CCCCCC2O)C1. The van der Waals surface area contributed by atoms with Crippen LogP contribution in [0, 0.1) is 5.92 Å². The molecule has 1 aliphatic heterocycles. The van der Waals surface area contributed by atoms with Gasteiger partial charge in [0.25, 0.3) is 0 Å². The first-order valence-corrected chi connectivity index (χ1v) is 6.85. The van der Waals surface area contributed by atoms with Gasteiger partial charge in [-0.3, -0.25) is 0 Å². The normalized spacial score (nSPS) is 37.5.